The largest absolute Gasteiger partial charge is 0.497 e. The van der Waals surface area contributed by atoms with E-state index < -0.39 is 21.3 Å². The van der Waals surface area contributed by atoms with Gasteiger partial charge in [-0.1, -0.05) is 6.07 Å². The molecule has 34 heavy (non-hydrogen) atoms. The predicted molar refractivity (Wildman–Crippen MR) is 123 cm³/mol. The Labute approximate surface area is 196 Å². The number of ether oxygens (including phenoxy) is 3. The Bertz CT molecular complexity index is 1410. The van der Waals surface area contributed by atoms with Gasteiger partial charge in [-0.15, -0.1) is 0 Å². The van der Waals surface area contributed by atoms with Crippen molar-refractivity contribution in [2.75, 3.05) is 13.9 Å². The van der Waals surface area contributed by atoms with Crippen molar-refractivity contribution in [2.45, 2.75) is 36.7 Å². The highest BCUT2D eigenvalue weighted by molar-refractivity contribution is 7.91. The van der Waals surface area contributed by atoms with Gasteiger partial charge in [-0.2, -0.15) is 0 Å². The van der Waals surface area contributed by atoms with E-state index in [1.165, 1.54) is 35.9 Å². The van der Waals surface area contributed by atoms with Crippen LogP contribution in [0.15, 0.2) is 63.1 Å². The van der Waals surface area contributed by atoms with E-state index in [-0.39, 0.29) is 29.7 Å². The van der Waals surface area contributed by atoms with Crippen LogP contribution in [0.1, 0.15) is 16.8 Å². The summed E-state index contributed by atoms with van der Waals surface area (Å²) in [4.78, 5) is 25.5. The molecule has 0 bridgehead atoms. The minimum atomic E-state index is -4.11. The van der Waals surface area contributed by atoms with Gasteiger partial charge in [-0.05, 0) is 67.4 Å². The summed E-state index contributed by atoms with van der Waals surface area (Å²) in [5.41, 5.74) is 0.852. The standard InChI is InChI=1S/C24H24N2O7S/c1-15-10-16(2)26(13-22(27)25-12-17-4-9-20-21(11-17)33-14-32-20)24(28)23(15)34(29,30)19-7-5-18(31-3)6-8-19/h4-11H,12-14H2,1-3H3,(H,25,27). The summed E-state index contributed by atoms with van der Waals surface area (Å²) in [5, 5.41) is 2.75. The van der Waals surface area contributed by atoms with E-state index in [1.54, 1.807) is 38.1 Å². The number of fused-ring (bicyclic) bond motifs is 1. The maximum atomic E-state index is 13.3. The van der Waals surface area contributed by atoms with E-state index in [1.807, 2.05) is 0 Å². The second-order valence-electron chi connectivity index (χ2n) is 7.83. The first-order valence-electron chi connectivity index (χ1n) is 10.5. The van der Waals surface area contributed by atoms with Crippen LogP contribution in [0.2, 0.25) is 0 Å². The molecule has 1 aromatic heterocycles. The summed E-state index contributed by atoms with van der Waals surface area (Å²) >= 11 is 0. The zero-order chi connectivity index (χ0) is 24.5. The summed E-state index contributed by atoms with van der Waals surface area (Å²) in [6.07, 6.45) is 0. The molecule has 0 unspecified atom stereocenters. The van der Waals surface area contributed by atoms with Crippen molar-refractivity contribution in [2.24, 2.45) is 0 Å². The molecule has 1 aliphatic heterocycles. The average Bonchev–Trinajstić information content (AvgIpc) is 3.28. The van der Waals surface area contributed by atoms with Gasteiger partial charge in [-0.25, -0.2) is 8.42 Å². The van der Waals surface area contributed by atoms with E-state index in [0.717, 1.165) is 5.56 Å². The van der Waals surface area contributed by atoms with Crippen molar-refractivity contribution in [1.82, 2.24) is 9.88 Å². The molecule has 2 aromatic carbocycles. The molecule has 1 N–H and O–H groups in total. The highest BCUT2D eigenvalue weighted by Gasteiger charge is 2.26. The van der Waals surface area contributed by atoms with Crippen LogP contribution in [0.4, 0.5) is 0 Å². The zero-order valence-corrected chi connectivity index (χ0v) is 19.8. The number of nitrogens with one attached hydrogen (secondary N) is 1. The summed E-state index contributed by atoms with van der Waals surface area (Å²) < 4.78 is 43.3. The van der Waals surface area contributed by atoms with Gasteiger partial charge in [0.1, 0.15) is 17.2 Å². The molecule has 0 atom stereocenters. The second-order valence-corrected chi connectivity index (χ2v) is 9.72. The number of carbonyl (C=O) groups excluding carboxylic acids is 1. The summed E-state index contributed by atoms with van der Waals surface area (Å²) in [6, 6.07) is 12.7. The molecule has 0 spiro atoms. The van der Waals surface area contributed by atoms with Crippen molar-refractivity contribution in [3.8, 4) is 17.2 Å². The maximum Gasteiger partial charge on any atom is 0.270 e. The normalized spacial score (nSPS) is 12.4. The number of benzene rings is 2. The molecule has 4 rings (SSSR count). The first kappa shape index (κ1) is 23.4. The number of hydrogen-bond donors (Lipinski definition) is 1. The Balaban J connectivity index is 1.57. The summed E-state index contributed by atoms with van der Waals surface area (Å²) in [7, 11) is -2.63. The first-order valence-corrected chi connectivity index (χ1v) is 11.9. The van der Waals surface area contributed by atoms with E-state index >= 15 is 0 Å². The molecule has 1 aliphatic rings. The fourth-order valence-electron chi connectivity index (χ4n) is 3.76. The topological polar surface area (TPSA) is 113 Å². The van der Waals surface area contributed by atoms with Gasteiger partial charge in [0.25, 0.3) is 5.56 Å². The van der Waals surface area contributed by atoms with Gasteiger partial charge in [0, 0.05) is 12.2 Å². The van der Waals surface area contributed by atoms with Gasteiger partial charge in [0.15, 0.2) is 11.5 Å². The van der Waals surface area contributed by atoms with Crippen LogP contribution in [0.3, 0.4) is 0 Å². The van der Waals surface area contributed by atoms with Crippen molar-refractivity contribution in [3.63, 3.8) is 0 Å². The lowest BCUT2D eigenvalue weighted by molar-refractivity contribution is -0.121. The third kappa shape index (κ3) is 4.49. The number of aryl methyl sites for hydroxylation is 2. The molecule has 3 aromatic rings. The Morgan fingerprint density at radius 3 is 2.47 bits per heavy atom. The van der Waals surface area contributed by atoms with Crippen molar-refractivity contribution in [1.29, 1.82) is 0 Å². The average molecular weight is 485 g/mol. The maximum absolute atomic E-state index is 13.3. The van der Waals surface area contributed by atoms with Crippen LogP contribution in [-0.2, 0) is 27.7 Å². The number of methoxy groups -OCH3 is 1. The predicted octanol–water partition coefficient (Wildman–Crippen LogP) is 2.35. The van der Waals surface area contributed by atoms with Crippen molar-refractivity contribution < 1.29 is 27.4 Å². The van der Waals surface area contributed by atoms with E-state index in [0.29, 0.717) is 28.5 Å². The minimum absolute atomic E-state index is 0.0313. The van der Waals surface area contributed by atoms with Gasteiger partial charge < -0.3 is 24.1 Å². The Morgan fingerprint density at radius 2 is 1.76 bits per heavy atom. The molecule has 0 saturated carbocycles. The Kier molecular flexibility index (Phi) is 6.34. The lowest BCUT2D eigenvalue weighted by atomic mass is 10.2. The number of hydrogen-bond acceptors (Lipinski definition) is 7. The van der Waals surface area contributed by atoms with Crippen LogP contribution in [-0.4, -0.2) is 32.8 Å². The molecule has 178 valence electrons. The molecular formula is C24H24N2O7S. The van der Waals surface area contributed by atoms with Crippen LogP contribution >= 0.6 is 0 Å². The lowest BCUT2D eigenvalue weighted by Gasteiger charge is -2.15. The molecule has 9 nitrogen and oxygen atoms in total. The van der Waals surface area contributed by atoms with Crippen LogP contribution in [0, 0.1) is 13.8 Å². The highest BCUT2D eigenvalue weighted by Crippen LogP contribution is 2.32. The first-order chi connectivity index (χ1) is 16.2. The van der Waals surface area contributed by atoms with Crippen LogP contribution in [0.5, 0.6) is 17.2 Å². The SMILES string of the molecule is COc1ccc(S(=O)(=O)c2c(C)cc(C)n(CC(=O)NCc3ccc4c(c3)OCO4)c2=O)cc1. The molecule has 0 fully saturated rings. The number of nitrogens with zero attached hydrogens (tertiary/aromatic N) is 1. The smallest absolute Gasteiger partial charge is 0.270 e. The molecule has 0 aliphatic carbocycles. The van der Waals surface area contributed by atoms with Crippen LogP contribution < -0.4 is 25.1 Å². The van der Waals surface area contributed by atoms with Gasteiger partial charge in [0.05, 0.1) is 12.0 Å². The van der Waals surface area contributed by atoms with E-state index in [9.17, 15) is 18.0 Å². The molecule has 10 heteroatoms. The number of carbonyl (C=O) groups is 1. The number of pyridine rings is 1. The molecule has 0 radical (unpaired) electrons. The molecule has 2 heterocycles. The van der Waals surface area contributed by atoms with Gasteiger partial charge >= 0.3 is 0 Å². The third-order valence-corrected chi connectivity index (χ3v) is 7.44. The van der Waals surface area contributed by atoms with E-state index in [4.69, 9.17) is 14.2 Å². The summed E-state index contributed by atoms with van der Waals surface area (Å²) in [5.74, 6) is 1.31. The van der Waals surface area contributed by atoms with E-state index in [2.05, 4.69) is 5.32 Å². The quantitative estimate of drug-likeness (QED) is 0.548. The summed E-state index contributed by atoms with van der Waals surface area (Å²) in [6.45, 7) is 3.27. The number of rotatable bonds is 7. The molecular weight excluding hydrogens is 460 g/mol. The number of aromatic nitrogens is 1. The zero-order valence-electron chi connectivity index (χ0n) is 19.0. The van der Waals surface area contributed by atoms with Crippen molar-refractivity contribution >= 4 is 15.7 Å². The number of amides is 1. The van der Waals surface area contributed by atoms with Crippen molar-refractivity contribution in [3.05, 3.63) is 75.7 Å². The van der Waals surface area contributed by atoms with Gasteiger partial charge in [-0.3, -0.25) is 9.59 Å². The Hall–Kier alpha value is -3.79. The lowest BCUT2D eigenvalue weighted by Crippen LogP contribution is -2.35. The monoisotopic (exact) mass is 484 g/mol. The number of sulfone groups is 1. The Morgan fingerprint density at radius 1 is 1.06 bits per heavy atom. The fraction of sp³-hybridized carbons (Fsp3) is 0.250. The minimum Gasteiger partial charge on any atom is -0.497 e. The third-order valence-electron chi connectivity index (χ3n) is 5.52. The highest BCUT2D eigenvalue weighted by atomic mass is 32.2. The fourth-order valence-corrected chi connectivity index (χ4v) is 5.31. The second kappa shape index (κ2) is 9.22. The molecule has 0 saturated heterocycles. The molecule has 1 amide bonds. The van der Waals surface area contributed by atoms with Crippen LogP contribution in [0.25, 0.3) is 0 Å². The van der Waals surface area contributed by atoms with Gasteiger partial charge in [0.2, 0.25) is 22.5 Å².